The Hall–Kier alpha value is -2.16. The van der Waals surface area contributed by atoms with E-state index >= 15 is 0 Å². The standard InChI is InChI=1S/C12H12F4N4O/c13-10-2-1-8(12(14,15)16)5-11(10)17-6-9-7-20(3-4-21)19-18-9/h1-2,5,7,17,21H,3-4,6H2. The summed E-state index contributed by atoms with van der Waals surface area (Å²) in [6, 6.07) is 2.14. The smallest absolute Gasteiger partial charge is 0.394 e. The minimum absolute atomic E-state index is 0.0175. The van der Waals surface area contributed by atoms with Crippen molar-refractivity contribution >= 4 is 5.69 Å². The third kappa shape index (κ3) is 3.91. The molecule has 0 aliphatic rings. The van der Waals surface area contributed by atoms with Crippen LogP contribution in [0.5, 0.6) is 0 Å². The van der Waals surface area contributed by atoms with E-state index in [1.807, 2.05) is 0 Å². The summed E-state index contributed by atoms with van der Waals surface area (Å²) in [4.78, 5) is 0. The number of alkyl halides is 3. The molecule has 2 aromatic rings. The summed E-state index contributed by atoms with van der Waals surface area (Å²) in [5.41, 5.74) is -0.780. The predicted octanol–water partition coefficient (Wildman–Crippen LogP) is 2.04. The quantitative estimate of drug-likeness (QED) is 0.830. The average Bonchev–Trinajstić information content (AvgIpc) is 2.84. The molecule has 1 heterocycles. The Morgan fingerprint density at radius 1 is 1.29 bits per heavy atom. The maximum atomic E-state index is 13.5. The lowest BCUT2D eigenvalue weighted by Gasteiger charge is -2.10. The molecule has 0 saturated heterocycles. The van der Waals surface area contributed by atoms with E-state index in [-0.39, 0.29) is 25.4 Å². The molecular formula is C12H12F4N4O. The summed E-state index contributed by atoms with van der Waals surface area (Å²) in [5.74, 6) is -0.786. The Bertz CT molecular complexity index is 612. The van der Waals surface area contributed by atoms with Crippen molar-refractivity contribution in [3.8, 4) is 0 Å². The van der Waals surface area contributed by atoms with Crippen molar-refractivity contribution in [1.82, 2.24) is 15.0 Å². The summed E-state index contributed by atoms with van der Waals surface area (Å²) in [5, 5.41) is 18.7. The lowest BCUT2D eigenvalue weighted by Crippen LogP contribution is -2.08. The van der Waals surface area contributed by atoms with Gasteiger partial charge in [0.2, 0.25) is 0 Å². The van der Waals surface area contributed by atoms with Crippen LogP contribution in [0.2, 0.25) is 0 Å². The lowest BCUT2D eigenvalue weighted by atomic mass is 10.2. The fourth-order valence-corrected chi connectivity index (χ4v) is 1.65. The Kier molecular flexibility index (Phi) is 4.41. The third-order valence-electron chi connectivity index (χ3n) is 2.67. The van der Waals surface area contributed by atoms with Crippen molar-refractivity contribution in [3.63, 3.8) is 0 Å². The molecule has 0 amide bonds. The first kappa shape index (κ1) is 15.2. The maximum Gasteiger partial charge on any atom is 0.416 e. The zero-order valence-corrected chi connectivity index (χ0v) is 10.7. The van der Waals surface area contributed by atoms with Crippen molar-refractivity contribution in [2.75, 3.05) is 11.9 Å². The number of nitrogens with one attached hydrogen (secondary N) is 1. The molecule has 0 bridgehead atoms. The van der Waals surface area contributed by atoms with E-state index < -0.39 is 17.6 Å². The molecule has 2 rings (SSSR count). The summed E-state index contributed by atoms with van der Waals surface area (Å²) >= 11 is 0. The fourth-order valence-electron chi connectivity index (χ4n) is 1.65. The number of nitrogens with zero attached hydrogens (tertiary/aromatic N) is 3. The maximum absolute atomic E-state index is 13.5. The number of halogens is 4. The van der Waals surface area contributed by atoms with Crippen LogP contribution in [0.25, 0.3) is 0 Å². The zero-order valence-electron chi connectivity index (χ0n) is 10.7. The number of benzene rings is 1. The van der Waals surface area contributed by atoms with Gasteiger partial charge >= 0.3 is 6.18 Å². The van der Waals surface area contributed by atoms with E-state index in [9.17, 15) is 17.6 Å². The highest BCUT2D eigenvalue weighted by Gasteiger charge is 2.31. The van der Waals surface area contributed by atoms with Crippen LogP contribution in [0.1, 0.15) is 11.3 Å². The van der Waals surface area contributed by atoms with Gasteiger partial charge in [-0.05, 0) is 18.2 Å². The minimum atomic E-state index is -4.53. The van der Waals surface area contributed by atoms with Crippen LogP contribution < -0.4 is 5.32 Å². The van der Waals surface area contributed by atoms with Gasteiger partial charge < -0.3 is 10.4 Å². The van der Waals surface area contributed by atoms with Gasteiger partial charge in [0.25, 0.3) is 0 Å². The topological polar surface area (TPSA) is 63.0 Å². The van der Waals surface area contributed by atoms with Gasteiger partial charge in [0.1, 0.15) is 11.5 Å². The molecule has 0 unspecified atom stereocenters. The fraction of sp³-hybridized carbons (Fsp3) is 0.333. The SMILES string of the molecule is OCCn1cc(CNc2cc(C(F)(F)F)ccc2F)nn1. The summed E-state index contributed by atoms with van der Waals surface area (Å²) in [7, 11) is 0. The third-order valence-corrected chi connectivity index (χ3v) is 2.67. The van der Waals surface area contributed by atoms with Crippen molar-refractivity contribution in [3.05, 3.63) is 41.5 Å². The Balaban J connectivity index is 2.08. The van der Waals surface area contributed by atoms with Crippen LogP contribution in [-0.2, 0) is 19.3 Å². The summed E-state index contributed by atoms with van der Waals surface area (Å²) in [6.07, 6.45) is -3.02. The van der Waals surface area contributed by atoms with Crippen molar-refractivity contribution in [2.24, 2.45) is 0 Å². The first-order valence-electron chi connectivity index (χ1n) is 6.00. The number of hydrogen-bond acceptors (Lipinski definition) is 4. The molecule has 5 nitrogen and oxygen atoms in total. The molecule has 1 aromatic carbocycles. The molecule has 114 valence electrons. The van der Waals surface area contributed by atoms with E-state index in [4.69, 9.17) is 5.11 Å². The van der Waals surface area contributed by atoms with E-state index in [2.05, 4.69) is 15.6 Å². The number of aliphatic hydroxyl groups excluding tert-OH is 1. The van der Waals surface area contributed by atoms with Crippen molar-refractivity contribution < 1.29 is 22.7 Å². The second-order valence-corrected chi connectivity index (χ2v) is 4.24. The lowest BCUT2D eigenvalue weighted by molar-refractivity contribution is -0.137. The Morgan fingerprint density at radius 3 is 2.71 bits per heavy atom. The van der Waals surface area contributed by atoms with Gasteiger partial charge in [0.05, 0.1) is 37.1 Å². The predicted molar refractivity (Wildman–Crippen MR) is 65.8 cm³/mol. The second kappa shape index (κ2) is 6.08. The van der Waals surface area contributed by atoms with Gasteiger partial charge in [-0.15, -0.1) is 5.10 Å². The van der Waals surface area contributed by atoms with Gasteiger partial charge in [-0.2, -0.15) is 13.2 Å². The molecule has 9 heteroatoms. The van der Waals surface area contributed by atoms with Crippen LogP contribution >= 0.6 is 0 Å². The van der Waals surface area contributed by atoms with E-state index in [0.29, 0.717) is 17.8 Å². The first-order chi connectivity index (χ1) is 9.90. The van der Waals surface area contributed by atoms with Crippen LogP contribution in [0.15, 0.2) is 24.4 Å². The molecule has 0 radical (unpaired) electrons. The van der Waals surface area contributed by atoms with Crippen molar-refractivity contribution in [1.29, 1.82) is 0 Å². The van der Waals surface area contributed by atoms with Gasteiger partial charge in [-0.1, -0.05) is 5.21 Å². The van der Waals surface area contributed by atoms with Crippen LogP contribution in [0, 0.1) is 5.82 Å². The van der Waals surface area contributed by atoms with Crippen LogP contribution in [-0.4, -0.2) is 26.7 Å². The number of aliphatic hydroxyl groups is 1. The average molecular weight is 304 g/mol. The summed E-state index contributed by atoms with van der Waals surface area (Å²) < 4.78 is 52.5. The number of anilines is 1. The molecule has 0 fully saturated rings. The normalized spacial score (nSPS) is 11.7. The van der Waals surface area contributed by atoms with E-state index in [1.165, 1.54) is 10.9 Å². The Labute approximate surface area is 117 Å². The van der Waals surface area contributed by atoms with Crippen molar-refractivity contribution in [2.45, 2.75) is 19.3 Å². The molecule has 0 spiro atoms. The highest BCUT2D eigenvalue weighted by atomic mass is 19.4. The molecule has 0 atom stereocenters. The van der Waals surface area contributed by atoms with E-state index in [1.54, 1.807) is 0 Å². The molecule has 21 heavy (non-hydrogen) atoms. The molecule has 0 aliphatic heterocycles. The molecule has 0 aliphatic carbocycles. The van der Waals surface area contributed by atoms with Crippen LogP contribution in [0.4, 0.5) is 23.2 Å². The molecule has 0 saturated carbocycles. The Morgan fingerprint density at radius 2 is 2.05 bits per heavy atom. The molecule has 1 aromatic heterocycles. The number of rotatable bonds is 5. The number of aromatic nitrogens is 3. The largest absolute Gasteiger partial charge is 0.416 e. The molecular weight excluding hydrogens is 292 g/mol. The highest BCUT2D eigenvalue weighted by molar-refractivity contribution is 5.48. The highest BCUT2D eigenvalue weighted by Crippen LogP contribution is 2.31. The zero-order chi connectivity index (χ0) is 15.5. The van der Waals surface area contributed by atoms with Gasteiger partial charge in [0, 0.05) is 0 Å². The van der Waals surface area contributed by atoms with Crippen LogP contribution in [0.3, 0.4) is 0 Å². The first-order valence-corrected chi connectivity index (χ1v) is 6.00. The van der Waals surface area contributed by atoms with Gasteiger partial charge in [0.15, 0.2) is 0 Å². The summed E-state index contributed by atoms with van der Waals surface area (Å²) in [6.45, 7) is 0.160. The second-order valence-electron chi connectivity index (χ2n) is 4.24. The van der Waals surface area contributed by atoms with Gasteiger partial charge in [-0.3, -0.25) is 0 Å². The minimum Gasteiger partial charge on any atom is -0.394 e. The molecule has 2 N–H and O–H groups in total. The van der Waals surface area contributed by atoms with Gasteiger partial charge in [-0.25, -0.2) is 9.07 Å². The monoisotopic (exact) mass is 304 g/mol. The number of hydrogen-bond donors (Lipinski definition) is 2. The van der Waals surface area contributed by atoms with E-state index in [0.717, 1.165) is 6.07 Å².